The molecule has 4 aliphatic rings. The lowest BCUT2D eigenvalue weighted by Crippen LogP contribution is -2.38. The van der Waals surface area contributed by atoms with Crippen molar-refractivity contribution in [2.45, 2.75) is 44.3 Å². The first-order valence-corrected chi connectivity index (χ1v) is 8.45. The first-order valence-electron chi connectivity index (χ1n) is 8.45. The molecule has 2 saturated carbocycles. The zero-order valence-electron chi connectivity index (χ0n) is 12.5. The van der Waals surface area contributed by atoms with Crippen LogP contribution < -0.4 is 5.32 Å². The summed E-state index contributed by atoms with van der Waals surface area (Å²) in [5.41, 5.74) is 0.301. The standard InChI is InChI=1S/C16H26N2O3/c19-13-5-10-8-18(9-11(10)6-14(13)20)15(21)12-7-16(12)1-3-17-4-2-16/h10-14,17,19-20H,1-9H2/t10-,11+,12-,13+,14-/m1/s1. The first kappa shape index (κ1) is 14.0. The van der Waals surface area contributed by atoms with Crippen molar-refractivity contribution in [2.75, 3.05) is 26.2 Å². The zero-order chi connectivity index (χ0) is 14.6. The molecule has 0 bridgehead atoms. The van der Waals surface area contributed by atoms with Gasteiger partial charge in [-0.25, -0.2) is 0 Å². The van der Waals surface area contributed by atoms with Gasteiger partial charge in [0, 0.05) is 19.0 Å². The fourth-order valence-corrected chi connectivity index (χ4v) is 4.98. The molecule has 2 saturated heterocycles. The van der Waals surface area contributed by atoms with Gasteiger partial charge in [0.25, 0.3) is 0 Å². The first-order chi connectivity index (χ1) is 10.1. The van der Waals surface area contributed by atoms with E-state index < -0.39 is 12.2 Å². The number of fused-ring (bicyclic) bond motifs is 1. The predicted octanol–water partition coefficient (Wildman–Crippen LogP) is -0.0337. The van der Waals surface area contributed by atoms with Gasteiger partial charge in [-0.1, -0.05) is 0 Å². The van der Waals surface area contributed by atoms with Crippen molar-refractivity contribution in [1.29, 1.82) is 0 Å². The average Bonchev–Trinajstić information content (AvgIpc) is 2.99. The quantitative estimate of drug-likeness (QED) is 0.635. The highest BCUT2D eigenvalue weighted by Crippen LogP contribution is 2.59. The molecule has 2 aliphatic carbocycles. The number of amides is 1. The van der Waals surface area contributed by atoms with E-state index in [1.54, 1.807) is 0 Å². The van der Waals surface area contributed by atoms with Crippen molar-refractivity contribution in [3.05, 3.63) is 0 Å². The van der Waals surface area contributed by atoms with Crippen molar-refractivity contribution in [3.63, 3.8) is 0 Å². The lowest BCUT2D eigenvalue weighted by molar-refractivity contribution is -0.132. The molecule has 118 valence electrons. The Morgan fingerprint density at radius 3 is 2.19 bits per heavy atom. The molecule has 1 spiro atoms. The van der Waals surface area contributed by atoms with Crippen molar-refractivity contribution in [2.24, 2.45) is 23.2 Å². The fourth-order valence-electron chi connectivity index (χ4n) is 4.98. The number of carbonyl (C=O) groups is 1. The highest BCUT2D eigenvalue weighted by atomic mass is 16.3. The van der Waals surface area contributed by atoms with Crippen LogP contribution in [0.1, 0.15) is 32.1 Å². The van der Waals surface area contributed by atoms with Crippen LogP contribution in [0.3, 0.4) is 0 Å². The summed E-state index contributed by atoms with van der Waals surface area (Å²) in [5.74, 6) is 1.36. The summed E-state index contributed by atoms with van der Waals surface area (Å²) < 4.78 is 0. The van der Waals surface area contributed by atoms with E-state index in [2.05, 4.69) is 5.32 Å². The summed E-state index contributed by atoms with van der Waals surface area (Å²) in [5, 5.41) is 23.0. The van der Waals surface area contributed by atoms with Gasteiger partial charge >= 0.3 is 0 Å². The predicted molar refractivity (Wildman–Crippen MR) is 77.5 cm³/mol. The van der Waals surface area contributed by atoms with E-state index in [9.17, 15) is 15.0 Å². The third-order valence-corrected chi connectivity index (χ3v) is 6.51. The second-order valence-corrected chi connectivity index (χ2v) is 7.74. The Balaban J connectivity index is 1.39. The topological polar surface area (TPSA) is 72.8 Å². The molecule has 2 heterocycles. The minimum atomic E-state index is -0.599. The number of carbonyl (C=O) groups excluding carboxylic acids is 1. The van der Waals surface area contributed by atoms with Gasteiger partial charge in [-0.15, -0.1) is 0 Å². The number of hydrogen-bond acceptors (Lipinski definition) is 4. The van der Waals surface area contributed by atoms with E-state index in [1.807, 2.05) is 4.90 Å². The van der Waals surface area contributed by atoms with E-state index in [1.165, 1.54) is 0 Å². The SMILES string of the molecule is O=C([C@H]1CC12CCNCC2)N1C[C@H]2C[C@H](O)[C@H](O)C[C@H]2C1. The summed E-state index contributed by atoms with van der Waals surface area (Å²) in [6.45, 7) is 3.68. The largest absolute Gasteiger partial charge is 0.390 e. The van der Waals surface area contributed by atoms with E-state index in [4.69, 9.17) is 0 Å². The molecule has 4 fully saturated rings. The van der Waals surface area contributed by atoms with Crippen LogP contribution in [0.15, 0.2) is 0 Å². The number of rotatable bonds is 1. The molecule has 0 aromatic rings. The van der Waals surface area contributed by atoms with Crippen molar-refractivity contribution < 1.29 is 15.0 Å². The number of nitrogens with zero attached hydrogens (tertiary/aromatic N) is 1. The molecule has 1 amide bonds. The number of hydrogen-bond donors (Lipinski definition) is 3. The molecule has 0 unspecified atom stereocenters. The number of aliphatic hydroxyl groups is 2. The highest BCUT2D eigenvalue weighted by Gasteiger charge is 2.59. The van der Waals surface area contributed by atoms with Gasteiger partial charge in [0.05, 0.1) is 12.2 Å². The summed E-state index contributed by atoms with van der Waals surface area (Å²) in [6.07, 6.45) is 3.45. The van der Waals surface area contributed by atoms with Gasteiger partial charge in [0.2, 0.25) is 5.91 Å². The zero-order valence-corrected chi connectivity index (χ0v) is 12.5. The Morgan fingerprint density at radius 1 is 1.05 bits per heavy atom. The smallest absolute Gasteiger partial charge is 0.226 e. The van der Waals surface area contributed by atoms with Crippen LogP contribution in [0.2, 0.25) is 0 Å². The molecule has 5 nitrogen and oxygen atoms in total. The van der Waals surface area contributed by atoms with Gasteiger partial charge in [-0.05, 0) is 62.4 Å². The van der Waals surface area contributed by atoms with E-state index >= 15 is 0 Å². The molecular weight excluding hydrogens is 268 g/mol. The normalized spacial score (nSPS) is 44.7. The van der Waals surface area contributed by atoms with Crippen molar-refractivity contribution in [3.8, 4) is 0 Å². The van der Waals surface area contributed by atoms with Crippen LogP contribution >= 0.6 is 0 Å². The molecule has 0 aromatic heterocycles. The van der Waals surface area contributed by atoms with Crippen LogP contribution in [-0.4, -0.2) is 59.4 Å². The summed E-state index contributed by atoms with van der Waals surface area (Å²) in [7, 11) is 0. The molecule has 0 aromatic carbocycles. The number of likely N-dealkylation sites (tertiary alicyclic amines) is 1. The molecule has 21 heavy (non-hydrogen) atoms. The number of aliphatic hydroxyl groups excluding tert-OH is 2. The van der Waals surface area contributed by atoms with E-state index in [0.717, 1.165) is 45.4 Å². The number of nitrogens with one attached hydrogen (secondary N) is 1. The Morgan fingerprint density at radius 2 is 1.62 bits per heavy atom. The molecule has 5 heteroatoms. The van der Waals surface area contributed by atoms with Crippen LogP contribution in [0.25, 0.3) is 0 Å². The minimum Gasteiger partial charge on any atom is -0.390 e. The van der Waals surface area contributed by atoms with Crippen molar-refractivity contribution in [1.82, 2.24) is 10.2 Å². The lowest BCUT2D eigenvalue weighted by atomic mass is 9.79. The number of piperidine rings is 1. The van der Waals surface area contributed by atoms with Gasteiger partial charge in [0.1, 0.15) is 0 Å². The highest BCUT2D eigenvalue weighted by molar-refractivity contribution is 5.83. The Kier molecular flexibility index (Phi) is 3.28. The fraction of sp³-hybridized carbons (Fsp3) is 0.938. The van der Waals surface area contributed by atoms with Gasteiger partial charge < -0.3 is 20.4 Å². The van der Waals surface area contributed by atoms with E-state index in [-0.39, 0.29) is 5.92 Å². The summed E-state index contributed by atoms with van der Waals surface area (Å²) in [6, 6.07) is 0. The average molecular weight is 294 g/mol. The maximum atomic E-state index is 12.8. The Bertz CT molecular complexity index is 417. The Hall–Kier alpha value is -0.650. The summed E-state index contributed by atoms with van der Waals surface area (Å²) in [4.78, 5) is 14.8. The third kappa shape index (κ3) is 2.30. The summed E-state index contributed by atoms with van der Waals surface area (Å²) >= 11 is 0. The Labute approximate surface area is 125 Å². The molecule has 0 radical (unpaired) electrons. The van der Waals surface area contributed by atoms with Gasteiger partial charge in [0.15, 0.2) is 0 Å². The van der Waals surface area contributed by atoms with Crippen LogP contribution in [0, 0.1) is 23.2 Å². The monoisotopic (exact) mass is 294 g/mol. The van der Waals surface area contributed by atoms with E-state index in [0.29, 0.717) is 36.0 Å². The maximum Gasteiger partial charge on any atom is 0.226 e. The third-order valence-electron chi connectivity index (χ3n) is 6.51. The van der Waals surface area contributed by atoms with Crippen molar-refractivity contribution >= 4 is 5.91 Å². The van der Waals surface area contributed by atoms with Crippen LogP contribution in [-0.2, 0) is 4.79 Å². The lowest BCUT2D eigenvalue weighted by Gasteiger charge is -2.31. The van der Waals surface area contributed by atoms with Gasteiger partial charge in [-0.3, -0.25) is 4.79 Å². The second-order valence-electron chi connectivity index (χ2n) is 7.74. The molecule has 2 aliphatic heterocycles. The second kappa shape index (κ2) is 4.93. The maximum absolute atomic E-state index is 12.8. The molecule has 4 rings (SSSR count). The molecular formula is C16H26N2O3. The van der Waals surface area contributed by atoms with Crippen LogP contribution in [0.4, 0.5) is 0 Å². The molecule has 5 atom stereocenters. The molecule has 3 N–H and O–H groups in total. The van der Waals surface area contributed by atoms with Gasteiger partial charge in [-0.2, -0.15) is 0 Å². The van der Waals surface area contributed by atoms with Crippen LogP contribution in [0.5, 0.6) is 0 Å². The minimum absolute atomic E-state index is 0.245.